The van der Waals surface area contributed by atoms with Crippen LogP contribution in [-0.2, 0) is 14.3 Å². The number of ether oxygens (including phenoxy) is 2. The second-order valence-corrected chi connectivity index (χ2v) is 3.15. The molecule has 5 heteroatoms. The van der Waals surface area contributed by atoms with Gasteiger partial charge in [-0.25, -0.2) is 4.79 Å². The number of carbonyl (C=O) groups is 2. The zero-order chi connectivity index (χ0) is 10.4. The van der Waals surface area contributed by atoms with Crippen LogP contribution in [0.25, 0.3) is 0 Å². The Morgan fingerprint density at radius 2 is 2.29 bits per heavy atom. The molecule has 5 nitrogen and oxygen atoms in total. The smallest absolute Gasteiger partial charge is 0.434 e. The normalized spacial score (nSPS) is 21.4. The number of carbonyl (C=O) groups excluding carboxylic acids is 2. The summed E-state index contributed by atoms with van der Waals surface area (Å²) in [5, 5.41) is 3.07. The molecule has 0 saturated carbocycles. The minimum atomic E-state index is -0.900. The molecule has 1 atom stereocenters. The highest BCUT2D eigenvalue weighted by Crippen LogP contribution is 2.11. The van der Waals surface area contributed by atoms with E-state index in [2.05, 4.69) is 14.8 Å². The van der Waals surface area contributed by atoms with Gasteiger partial charge in [0.1, 0.15) is 0 Å². The van der Waals surface area contributed by atoms with Crippen LogP contribution in [0, 0.1) is 5.92 Å². The van der Waals surface area contributed by atoms with Gasteiger partial charge in [0.25, 0.3) is 0 Å². The summed E-state index contributed by atoms with van der Waals surface area (Å²) in [6.07, 6.45) is 0.802. The number of esters is 1. The first-order valence-corrected chi connectivity index (χ1v) is 4.83. The molecule has 1 N–H and O–H groups in total. The standard InChI is InChI=1S/C9H15NO4/c1-2-13-9(12)14-8(11)7-4-3-5-10-6-7/h7,10H,2-6H2,1H3. The highest BCUT2D eigenvalue weighted by Gasteiger charge is 2.24. The number of hydrogen-bond acceptors (Lipinski definition) is 5. The van der Waals surface area contributed by atoms with Crippen molar-refractivity contribution in [1.29, 1.82) is 0 Å². The van der Waals surface area contributed by atoms with E-state index in [1.54, 1.807) is 6.92 Å². The van der Waals surface area contributed by atoms with Gasteiger partial charge in [0.15, 0.2) is 0 Å². The molecule has 0 bridgehead atoms. The highest BCUT2D eigenvalue weighted by molar-refractivity contribution is 5.83. The van der Waals surface area contributed by atoms with Gasteiger partial charge in [0.05, 0.1) is 12.5 Å². The molecule has 14 heavy (non-hydrogen) atoms. The summed E-state index contributed by atoms with van der Waals surface area (Å²) < 4.78 is 8.99. The summed E-state index contributed by atoms with van der Waals surface area (Å²) in [5.41, 5.74) is 0. The third kappa shape index (κ3) is 3.33. The van der Waals surface area contributed by atoms with E-state index in [9.17, 15) is 9.59 Å². The van der Waals surface area contributed by atoms with E-state index in [1.165, 1.54) is 0 Å². The molecular weight excluding hydrogens is 186 g/mol. The zero-order valence-electron chi connectivity index (χ0n) is 8.25. The summed E-state index contributed by atoms with van der Waals surface area (Å²) >= 11 is 0. The van der Waals surface area contributed by atoms with Crippen molar-refractivity contribution in [3.05, 3.63) is 0 Å². The third-order valence-corrected chi connectivity index (χ3v) is 2.08. The quantitative estimate of drug-likeness (QED) is 0.526. The molecule has 1 aliphatic rings. The van der Waals surface area contributed by atoms with Crippen molar-refractivity contribution in [2.45, 2.75) is 19.8 Å². The molecule has 1 unspecified atom stereocenters. The minimum Gasteiger partial charge on any atom is -0.434 e. The molecule has 80 valence electrons. The fourth-order valence-corrected chi connectivity index (χ4v) is 1.37. The van der Waals surface area contributed by atoms with Crippen LogP contribution in [0.3, 0.4) is 0 Å². The predicted octanol–water partition coefficient (Wildman–Crippen LogP) is 0.686. The molecule has 0 aliphatic carbocycles. The fraction of sp³-hybridized carbons (Fsp3) is 0.778. The molecular formula is C9H15NO4. The second kappa shape index (κ2) is 5.59. The lowest BCUT2D eigenvalue weighted by atomic mass is 10.0. The van der Waals surface area contributed by atoms with Crippen LogP contribution in [0.2, 0.25) is 0 Å². The van der Waals surface area contributed by atoms with Gasteiger partial charge in [0.2, 0.25) is 0 Å². The Morgan fingerprint density at radius 3 is 2.86 bits per heavy atom. The Bertz CT molecular complexity index is 211. The molecule has 1 rings (SSSR count). The van der Waals surface area contributed by atoms with Crippen molar-refractivity contribution in [3.8, 4) is 0 Å². The summed E-state index contributed by atoms with van der Waals surface area (Å²) in [6, 6.07) is 0. The van der Waals surface area contributed by atoms with Gasteiger partial charge in [0, 0.05) is 6.54 Å². The topological polar surface area (TPSA) is 64.6 Å². The van der Waals surface area contributed by atoms with Gasteiger partial charge in [-0.15, -0.1) is 0 Å². The Hall–Kier alpha value is -1.10. The number of hydrogen-bond donors (Lipinski definition) is 1. The van der Waals surface area contributed by atoms with Crippen LogP contribution < -0.4 is 5.32 Å². The SMILES string of the molecule is CCOC(=O)OC(=O)C1CCCNC1. The summed E-state index contributed by atoms with van der Waals surface area (Å²) in [5.74, 6) is -0.705. The minimum absolute atomic E-state index is 0.215. The molecule has 0 radical (unpaired) electrons. The van der Waals surface area contributed by atoms with E-state index < -0.39 is 12.1 Å². The monoisotopic (exact) mass is 201 g/mol. The molecule has 0 aromatic carbocycles. The maximum atomic E-state index is 11.3. The second-order valence-electron chi connectivity index (χ2n) is 3.15. The summed E-state index contributed by atoms with van der Waals surface area (Å²) in [7, 11) is 0. The van der Waals surface area contributed by atoms with Crippen molar-refractivity contribution in [1.82, 2.24) is 5.32 Å². The number of nitrogens with one attached hydrogen (secondary N) is 1. The van der Waals surface area contributed by atoms with Gasteiger partial charge >= 0.3 is 12.1 Å². The van der Waals surface area contributed by atoms with Crippen molar-refractivity contribution in [3.63, 3.8) is 0 Å². The van der Waals surface area contributed by atoms with E-state index >= 15 is 0 Å². The first-order valence-electron chi connectivity index (χ1n) is 4.83. The van der Waals surface area contributed by atoms with Crippen molar-refractivity contribution < 1.29 is 19.1 Å². The van der Waals surface area contributed by atoms with Crippen LogP contribution in [0.1, 0.15) is 19.8 Å². The Kier molecular flexibility index (Phi) is 4.39. The Balaban J connectivity index is 2.29. The van der Waals surface area contributed by atoms with Crippen molar-refractivity contribution >= 4 is 12.1 Å². The molecule has 0 aromatic rings. The molecule has 0 spiro atoms. The number of piperidine rings is 1. The molecule has 0 amide bonds. The lowest BCUT2D eigenvalue weighted by Gasteiger charge is -2.20. The van der Waals surface area contributed by atoms with Gasteiger partial charge in [-0.05, 0) is 26.3 Å². The van der Waals surface area contributed by atoms with Crippen LogP contribution in [0.15, 0.2) is 0 Å². The summed E-state index contributed by atoms with van der Waals surface area (Å²) in [4.78, 5) is 22.1. The van der Waals surface area contributed by atoms with Crippen molar-refractivity contribution in [2.24, 2.45) is 5.92 Å². The maximum Gasteiger partial charge on any atom is 0.516 e. The fourth-order valence-electron chi connectivity index (χ4n) is 1.37. The molecule has 1 saturated heterocycles. The zero-order valence-corrected chi connectivity index (χ0v) is 8.25. The van der Waals surface area contributed by atoms with Gasteiger partial charge in [-0.3, -0.25) is 4.79 Å². The van der Waals surface area contributed by atoms with Crippen LogP contribution in [0.5, 0.6) is 0 Å². The van der Waals surface area contributed by atoms with Gasteiger partial charge in [-0.2, -0.15) is 0 Å². The van der Waals surface area contributed by atoms with Gasteiger partial charge < -0.3 is 14.8 Å². The van der Waals surface area contributed by atoms with E-state index in [1.807, 2.05) is 0 Å². The average molecular weight is 201 g/mol. The van der Waals surface area contributed by atoms with Crippen LogP contribution >= 0.6 is 0 Å². The lowest BCUT2D eigenvalue weighted by Crippen LogP contribution is -2.36. The maximum absolute atomic E-state index is 11.3. The first kappa shape index (κ1) is 11.0. The predicted molar refractivity (Wildman–Crippen MR) is 48.7 cm³/mol. The van der Waals surface area contributed by atoms with Crippen LogP contribution in [-0.4, -0.2) is 31.8 Å². The van der Waals surface area contributed by atoms with Crippen molar-refractivity contribution in [2.75, 3.05) is 19.7 Å². The highest BCUT2D eigenvalue weighted by atomic mass is 16.7. The lowest BCUT2D eigenvalue weighted by molar-refractivity contribution is -0.145. The average Bonchev–Trinajstić information content (AvgIpc) is 2.19. The van der Waals surface area contributed by atoms with Crippen LogP contribution in [0.4, 0.5) is 4.79 Å². The molecule has 0 aromatic heterocycles. The Morgan fingerprint density at radius 1 is 1.50 bits per heavy atom. The van der Waals surface area contributed by atoms with E-state index in [4.69, 9.17) is 0 Å². The first-order chi connectivity index (χ1) is 6.74. The molecule has 1 fully saturated rings. The van der Waals surface area contributed by atoms with Gasteiger partial charge in [-0.1, -0.05) is 0 Å². The van der Waals surface area contributed by atoms with E-state index in [-0.39, 0.29) is 12.5 Å². The summed E-state index contributed by atoms with van der Waals surface area (Å²) in [6.45, 7) is 3.38. The molecule has 1 aliphatic heterocycles. The Labute approximate surface area is 82.8 Å². The third-order valence-electron chi connectivity index (χ3n) is 2.08. The largest absolute Gasteiger partial charge is 0.516 e. The molecule has 1 heterocycles. The van der Waals surface area contributed by atoms with E-state index in [0.717, 1.165) is 19.4 Å². The number of rotatable bonds is 2. The van der Waals surface area contributed by atoms with E-state index in [0.29, 0.717) is 6.54 Å².